The topological polar surface area (TPSA) is 121 Å². The zero-order chi connectivity index (χ0) is 23.5. The second kappa shape index (κ2) is 13.4. The number of aliphatic carboxylic acids is 1. The predicted molar refractivity (Wildman–Crippen MR) is 132 cm³/mol. The molecule has 2 atom stereocenters. The summed E-state index contributed by atoms with van der Waals surface area (Å²) < 4.78 is 5.96. The predicted octanol–water partition coefficient (Wildman–Crippen LogP) is 3.27. The maximum Gasteiger partial charge on any atom is 0.326 e. The van der Waals surface area contributed by atoms with Crippen LogP contribution in [0.15, 0.2) is 29.0 Å². The largest absolute Gasteiger partial charge is 0.480 e. The number of nitrogens with one attached hydrogen (secondary N) is 3. The van der Waals surface area contributed by atoms with Gasteiger partial charge in [-0.1, -0.05) is 6.07 Å². The highest BCUT2D eigenvalue weighted by Crippen LogP contribution is 2.20. The quantitative estimate of drug-likeness (QED) is 0.278. The number of rotatable bonds is 14. The van der Waals surface area contributed by atoms with Crippen LogP contribution in [0.25, 0.3) is 0 Å². The van der Waals surface area contributed by atoms with Crippen LogP contribution in [0.3, 0.4) is 0 Å². The van der Waals surface area contributed by atoms with Crippen LogP contribution >= 0.6 is 15.9 Å². The van der Waals surface area contributed by atoms with E-state index in [4.69, 9.17) is 9.72 Å². The van der Waals surface area contributed by atoms with Crippen LogP contribution in [0.5, 0.6) is 0 Å². The van der Waals surface area contributed by atoms with Gasteiger partial charge in [-0.25, -0.2) is 19.7 Å². The third-order valence-electron chi connectivity index (χ3n) is 5.66. The number of carboxylic acid groups (broad SMARTS) is 1. The number of aromatic nitrogens is 3. The molecule has 10 heteroatoms. The van der Waals surface area contributed by atoms with E-state index in [2.05, 4.69) is 54.0 Å². The molecule has 0 bridgehead atoms. The summed E-state index contributed by atoms with van der Waals surface area (Å²) in [5.74, 6) is 0.402. The molecule has 0 amide bonds. The minimum Gasteiger partial charge on any atom is -0.480 e. The van der Waals surface area contributed by atoms with Crippen molar-refractivity contribution in [3.05, 3.63) is 40.3 Å². The van der Waals surface area contributed by atoms with Crippen molar-refractivity contribution in [2.75, 3.05) is 37.4 Å². The Bertz CT molecular complexity index is 883. The van der Waals surface area contributed by atoms with Crippen molar-refractivity contribution < 1.29 is 14.6 Å². The van der Waals surface area contributed by atoms with Gasteiger partial charge in [0, 0.05) is 44.4 Å². The molecule has 9 nitrogen and oxygen atoms in total. The van der Waals surface area contributed by atoms with Crippen molar-refractivity contribution >= 4 is 33.7 Å². The molecule has 0 saturated heterocycles. The maximum atomic E-state index is 11.8. The van der Waals surface area contributed by atoms with Crippen molar-refractivity contribution in [2.24, 2.45) is 0 Å². The number of carbonyl (C=O) groups is 1. The molecule has 0 fully saturated rings. The van der Waals surface area contributed by atoms with Gasteiger partial charge in [-0.2, -0.15) is 0 Å². The fourth-order valence-corrected chi connectivity index (χ4v) is 4.06. The number of halogens is 1. The SMILES string of the molecule is COCCC(CC(Nc1ncc(Br)cn1)C(=O)O)NCCCCc1ccc2c(n1)NCCC2. The Kier molecular flexibility index (Phi) is 10.3. The molecule has 1 aliphatic heterocycles. The van der Waals surface area contributed by atoms with Crippen LogP contribution in [0.4, 0.5) is 11.8 Å². The molecular formula is C23H33BrN6O3. The highest BCUT2D eigenvalue weighted by molar-refractivity contribution is 9.10. The van der Waals surface area contributed by atoms with Crippen molar-refractivity contribution in [2.45, 2.75) is 57.0 Å². The number of nitrogens with zero attached hydrogens (tertiary/aromatic N) is 3. The lowest BCUT2D eigenvalue weighted by Gasteiger charge is -2.23. The van der Waals surface area contributed by atoms with Crippen LogP contribution in [0.2, 0.25) is 0 Å². The van der Waals surface area contributed by atoms with E-state index in [1.807, 2.05) is 0 Å². The first-order chi connectivity index (χ1) is 16.0. The van der Waals surface area contributed by atoms with Gasteiger partial charge in [0.15, 0.2) is 0 Å². The first-order valence-electron chi connectivity index (χ1n) is 11.5. The van der Waals surface area contributed by atoms with Gasteiger partial charge in [0.05, 0.1) is 4.47 Å². The van der Waals surface area contributed by atoms with Crippen molar-refractivity contribution in [1.29, 1.82) is 0 Å². The molecule has 0 spiro atoms. The number of fused-ring (bicyclic) bond motifs is 1. The zero-order valence-electron chi connectivity index (χ0n) is 19.0. The average Bonchev–Trinajstić information content (AvgIpc) is 2.82. The lowest BCUT2D eigenvalue weighted by atomic mass is 10.0. The molecule has 33 heavy (non-hydrogen) atoms. The van der Waals surface area contributed by atoms with Gasteiger partial charge in [0.1, 0.15) is 11.9 Å². The molecule has 2 aromatic heterocycles. The minimum absolute atomic E-state index is 0.0000628. The highest BCUT2D eigenvalue weighted by Gasteiger charge is 2.23. The number of anilines is 2. The third kappa shape index (κ3) is 8.53. The van der Waals surface area contributed by atoms with Gasteiger partial charge in [0.25, 0.3) is 0 Å². The molecule has 3 rings (SSSR count). The summed E-state index contributed by atoms with van der Waals surface area (Å²) in [7, 11) is 1.65. The summed E-state index contributed by atoms with van der Waals surface area (Å²) >= 11 is 3.28. The van der Waals surface area contributed by atoms with Crippen molar-refractivity contribution in [3.63, 3.8) is 0 Å². The van der Waals surface area contributed by atoms with Gasteiger partial charge in [-0.05, 0) is 79.1 Å². The van der Waals surface area contributed by atoms with E-state index < -0.39 is 12.0 Å². The number of unbranched alkanes of at least 4 members (excludes halogenated alkanes) is 1. The van der Waals surface area contributed by atoms with Crippen LogP contribution in [-0.4, -0.2) is 64.9 Å². The smallest absolute Gasteiger partial charge is 0.326 e. The fraction of sp³-hybridized carbons (Fsp3) is 0.565. The molecule has 0 aliphatic carbocycles. The first-order valence-corrected chi connectivity index (χ1v) is 12.3. The van der Waals surface area contributed by atoms with Crippen molar-refractivity contribution in [1.82, 2.24) is 20.3 Å². The molecule has 0 saturated carbocycles. The number of hydrogen-bond donors (Lipinski definition) is 4. The Morgan fingerprint density at radius 2 is 2.12 bits per heavy atom. The second-order valence-electron chi connectivity index (χ2n) is 8.23. The number of pyridine rings is 1. The summed E-state index contributed by atoms with van der Waals surface area (Å²) in [5.41, 5.74) is 2.42. The summed E-state index contributed by atoms with van der Waals surface area (Å²) in [5, 5.41) is 19.5. The molecule has 0 radical (unpaired) electrons. The number of methoxy groups -OCH3 is 1. The Balaban J connectivity index is 1.45. The summed E-state index contributed by atoms with van der Waals surface area (Å²) in [6, 6.07) is 3.53. The Morgan fingerprint density at radius 1 is 1.30 bits per heavy atom. The number of aryl methyl sites for hydroxylation is 2. The van der Waals surface area contributed by atoms with Gasteiger partial charge in [-0.15, -0.1) is 0 Å². The normalized spacial score (nSPS) is 14.7. The zero-order valence-corrected chi connectivity index (χ0v) is 20.6. The lowest BCUT2D eigenvalue weighted by molar-refractivity contribution is -0.138. The summed E-state index contributed by atoms with van der Waals surface area (Å²) in [4.78, 5) is 24.8. The van der Waals surface area contributed by atoms with Crippen LogP contribution < -0.4 is 16.0 Å². The second-order valence-corrected chi connectivity index (χ2v) is 9.14. The van der Waals surface area contributed by atoms with Gasteiger partial charge in [-0.3, -0.25) is 0 Å². The fourth-order valence-electron chi connectivity index (χ4n) is 3.86. The van der Waals surface area contributed by atoms with Gasteiger partial charge >= 0.3 is 5.97 Å². The molecule has 180 valence electrons. The third-order valence-corrected chi connectivity index (χ3v) is 6.07. The van der Waals surface area contributed by atoms with Crippen LogP contribution in [-0.2, 0) is 22.4 Å². The molecule has 2 aromatic rings. The minimum atomic E-state index is -0.933. The summed E-state index contributed by atoms with van der Waals surface area (Å²) in [6.45, 7) is 2.36. The standard InChI is InChI=1S/C23H33BrN6O3/c1-33-12-9-19(13-20(22(31)32)30-23-27-14-17(24)15-28-23)25-10-3-2-6-18-8-7-16-5-4-11-26-21(16)29-18/h7-8,14-15,19-20,25H,2-6,9-13H2,1H3,(H,26,29)(H,31,32)(H,27,28,30). The number of carboxylic acids is 1. The van der Waals surface area contributed by atoms with Crippen molar-refractivity contribution in [3.8, 4) is 0 Å². The van der Waals surface area contributed by atoms with Gasteiger partial charge < -0.3 is 25.8 Å². The Hall–Kier alpha value is -2.30. The monoisotopic (exact) mass is 520 g/mol. The van der Waals surface area contributed by atoms with Gasteiger partial charge in [0.2, 0.25) is 5.95 Å². The van der Waals surface area contributed by atoms with E-state index in [-0.39, 0.29) is 6.04 Å². The summed E-state index contributed by atoms with van der Waals surface area (Å²) in [6.07, 6.45) is 9.49. The average molecular weight is 521 g/mol. The molecule has 3 heterocycles. The molecule has 4 N–H and O–H groups in total. The van der Waals surface area contributed by atoms with Crippen LogP contribution in [0, 0.1) is 0 Å². The number of hydrogen-bond acceptors (Lipinski definition) is 8. The van der Waals surface area contributed by atoms with E-state index in [0.29, 0.717) is 19.0 Å². The highest BCUT2D eigenvalue weighted by atomic mass is 79.9. The van der Waals surface area contributed by atoms with E-state index in [0.717, 1.165) is 61.2 Å². The maximum absolute atomic E-state index is 11.8. The Morgan fingerprint density at radius 3 is 2.88 bits per heavy atom. The van der Waals surface area contributed by atoms with E-state index in [1.165, 1.54) is 12.0 Å². The molecular weight excluding hydrogens is 488 g/mol. The molecule has 1 aliphatic rings. The molecule has 2 unspecified atom stereocenters. The lowest BCUT2D eigenvalue weighted by Crippen LogP contribution is -2.40. The first kappa shape index (κ1) is 25.3. The Labute approximate surface area is 203 Å². The number of ether oxygens (including phenoxy) is 1. The molecule has 0 aromatic carbocycles. The van der Waals surface area contributed by atoms with E-state index in [9.17, 15) is 9.90 Å². The van der Waals surface area contributed by atoms with E-state index in [1.54, 1.807) is 19.5 Å². The van der Waals surface area contributed by atoms with Crippen LogP contribution in [0.1, 0.15) is 43.4 Å². The van der Waals surface area contributed by atoms with E-state index >= 15 is 0 Å².